The molecule has 4 heteroatoms. The summed E-state index contributed by atoms with van der Waals surface area (Å²) in [7, 11) is 1.80. The average Bonchev–Trinajstić information content (AvgIpc) is 2.28. The number of aromatic nitrogens is 1. The van der Waals surface area contributed by atoms with Gasteiger partial charge in [-0.15, -0.1) is 0 Å². The van der Waals surface area contributed by atoms with Gasteiger partial charge in [0.2, 0.25) is 0 Å². The lowest BCUT2D eigenvalue weighted by Crippen LogP contribution is -1.97. The zero-order valence-electron chi connectivity index (χ0n) is 9.14. The minimum Gasteiger partial charge on any atom is -0.388 e. The van der Waals surface area contributed by atoms with E-state index in [4.69, 9.17) is 11.6 Å². The molecule has 1 N–H and O–H groups in total. The molecule has 0 amide bonds. The van der Waals surface area contributed by atoms with Crippen molar-refractivity contribution >= 4 is 28.2 Å². The van der Waals surface area contributed by atoms with Crippen LogP contribution in [0.2, 0.25) is 5.02 Å². The first kappa shape index (κ1) is 11.1. The normalized spacial score (nSPS) is 10.8. The third-order valence-corrected chi connectivity index (χ3v) is 2.73. The SMILES string of the molecule is CCc1cc(NC)c2cc(Cl)cc(F)c2n1. The first-order chi connectivity index (χ1) is 7.65. The van der Waals surface area contributed by atoms with Crippen molar-refractivity contribution in [3.05, 3.63) is 34.7 Å². The molecule has 1 heterocycles. The summed E-state index contributed by atoms with van der Waals surface area (Å²) in [5.41, 5.74) is 2.08. The predicted molar refractivity (Wildman–Crippen MR) is 65.6 cm³/mol. The Morgan fingerprint density at radius 1 is 1.38 bits per heavy atom. The Labute approximate surface area is 98.4 Å². The highest BCUT2D eigenvalue weighted by molar-refractivity contribution is 6.31. The topological polar surface area (TPSA) is 24.9 Å². The summed E-state index contributed by atoms with van der Waals surface area (Å²) in [5, 5.41) is 4.13. The number of nitrogens with one attached hydrogen (secondary N) is 1. The van der Waals surface area contributed by atoms with Crippen LogP contribution in [0.4, 0.5) is 10.1 Å². The van der Waals surface area contributed by atoms with Crippen LogP contribution in [0.3, 0.4) is 0 Å². The summed E-state index contributed by atoms with van der Waals surface area (Å²) in [4.78, 5) is 4.27. The second kappa shape index (κ2) is 4.26. The smallest absolute Gasteiger partial charge is 0.150 e. The summed E-state index contributed by atoms with van der Waals surface area (Å²) in [6.07, 6.45) is 0.771. The zero-order chi connectivity index (χ0) is 11.7. The van der Waals surface area contributed by atoms with Crippen LogP contribution in [0.1, 0.15) is 12.6 Å². The molecule has 0 aliphatic carbocycles. The number of aryl methyl sites for hydroxylation is 1. The van der Waals surface area contributed by atoms with E-state index in [2.05, 4.69) is 10.3 Å². The third kappa shape index (κ3) is 1.83. The fourth-order valence-electron chi connectivity index (χ4n) is 1.69. The van der Waals surface area contributed by atoms with Crippen molar-refractivity contribution < 1.29 is 4.39 Å². The van der Waals surface area contributed by atoms with Gasteiger partial charge in [0, 0.05) is 28.8 Å². The maximum atomic E-state index is 13.7. The van der Waals surface area contributed by atoms with Crippen LogP contribution in [-0.2, 0) is 6.42 Å². The van der Waals surface area contributed by atoms with Crippen molar-refractivity contribution in [1.82, 2.24) is 4.98 Å². The van der Waals surface area contributed by atoms with Gasteiger partial charge in [0.25, 0.3) is 0 Å². The van der Waals surface area contributed by atoms with E-state index in [1.165, 1.54) is 6.07 Å². The van der Waals surface area contributed by atoms with Crippen LogP contribution in [-0.4, -0.2) is 12.0 Å². The number of benzene rings is 1. The molecule has 0 saturated carbocycles. The standard InChI is InChI=1S/C12H12ClFN2/c1-3-8-6-11(15-2)9-4-7(13)5-10(14)12(9)16-8/h4-6H,3H2,1-2H3,(H,15,16). The van der Waals surface area contributed by atoms with Crippen molar-refractivity contribution in [2.45, 2.75) is 13.3 Å². The molecule has 0 aliphatic heterocycles. The number of anilines is 1. The number of hydrogen-bond donors (Lipinski definition) is 1. The van der Waals surface area contributed by atoms with E-state index in [9.17, 15) is 4.39 Å². The summed E-state index contributed by atoms with van der Waals surface area (Å²) < 4.78 is 13.7. The van der Waals surface area contributed by atoms with E-state index in [1.807, 2.05) is 13.0 Å². The Kier molecular flexibility index (Phi) is 2.97. The van der Waals surface area contributed by atoms with Gasteiger partial charge in [-0.3, -0.25) is 0 Å². The Morgan fingerprint density at radius 2 is 2.12 bits per heavy atom. The van der Waals surface area contributed by atoms with Gasteiger partial charge < -0.3 is 5.32 Å². The van der Waals surface area contributed by atoms with Gasteiger partial charge >= 0.3 is 0 Å². The number of nitrogens with zero attached hydrogens (tertiary/aromatic N) is 1. The Bertz CT molecular complexity index is 540. The van der Waals surface area contributed by atoms with Gasteiger partial charge in [-0.25, -0.2) is 9.37 Å². The maximum Gasteiger partial charge on any atom is 0.150 e. The van der Waals surface area contributed by atoms with E-state index in [0.717, 1.165) is 17.8 Å². The van der Waals surface area contributed by atoms with Gasteiger partial charge in [-0.2, -0.15) is 0 Å². The Balaban J connectivity index is 2.83. The van der Waals surface area contributed by atoms with E-state index < -0.39 is 0 Å². The molecule has 0 aliphatic rings. The summed E-state index contributed by atoms with van der Waals surface area (Å²) in [6, 6.07) is 4.92. The van der Waals surface area contributed by atoms with Gasteiger partial charge in [0.1, 0.15) is 5.52 Å². The van der Waals surface area contributed by atoms with Crippen molar-refractivity contribution in [3.8, 4) is 0 Å². The van der Waals surface area contributed by atoms with Gasteiger partial charge in [0.05, 0.1) is 0 Å². The number of fused-ring (bicyclic) bond motifs is 1. The number of halogens is 2. The highest BCUT2D eigenvalue weighted by atomic mass is 35.5. The van der Waals surface area contributed by atoms with Gasteiger partial charge in [-0.05, 0) is 24.6 Å². The molecule has 1 aromatic heterocycles. The molecule has 2 rings (SSSR count). The van der Waals surface area contributed by atoms with E-state index in [-0.39, 0.29) is 5.82 Å². The van der Waals surface area contributed by atoms with Gasteiger partial charge in [0.15, 0.2) is 5.82 Å². The molecule has 0 atom stereocenters. The average molecular weight is 239 g/mol. The first-order valence-electron chi connectivity index (χ1n) is 5.12. The minimum absolute atomic E-state index is 0.369. The van der Waals surface area contributed by atoms with Crippen LogP contribution in [0, 0.1) is 5.82 Å². The van der Waals surface area contributed by atoms with Crippen LogP contribution in [0.5, 0.6) is 0 Å². The predicted octanol–water partition coefficient (Wildman–Crippen LogP) is 3.63. The molecule has 0 fully saturated rings. The second-order valence-corrected chi connectivity index (χ2v) is 3.98. The molecular formula is C12H12ClFN2. The lowest BCUT2D eigenvalue weighted by atomic mass is 10.1. The molecule has 0 spiro atoms. The van der Waals surface area contributed by atoms with Crippen molar-refractivity contribution in [2.75, 3.05) is 12.4 Å². The lowest BCUT2D eigenvalue weighted by Gasteiger charge is -2.09. The Morgan fingerprint density at radius 3 is 2.75 bits per heavy atom. The van der Waals surface area contributed by atoms with Crippen molar-refractivity contribution in [1.29, 1.82) is 0 Å². The van der Waals surface area contributed by atoms with Crippen LogP contribution >= 0.6 is 11.6 Å². The highest BCUT2D eigenvalue weighted by Gasteiger charge is 2.09. The quantitative estimate of drug-likeness (QED) is 0.864. The molecule has 0 unspecified atom stereocenters. The molecule has 0 saturated heterocycles. The van der Waals surface area contributed by atoms with Crippen LogP contribution in [0.15, 0.2) is 18.2 Å². The highest BCUT2D eigenvalue weighted by Crippen LogP contribution is 2.28. The number of hydrogen-bond acceptors (Lipinski definition) is 2. The van der Waals surface area contributed by atoms with Gasteiger partial charge in [-0.1, -0.05) is 18.5 Å². The van der Waals surface area contributed by atoms with Crippen molar-refractivity contribution in [3.63, 3.8) is 0 Å². The third-order valence-electron chi connectivity index (χ3n) is 2.52. The van der Waals surface area contributed by atoms with E-state index in [1.54, 1.807) is 13.1 Å². The molecule has 16 heavy (non-hydrogen) atoms. The fraction of sp³-hybridized carbons (Fsp3) is 0.250. The summed E-state index contributed by atoms with van der Waals surface area (Å²) >= 11 is 5.83. The number of pyridine rings is 1. The minimum atomic E-state index is -0.380. The molecule has 2 aromatic rings. The monoisotopic (exact) mass is 238 g/mol. The summed E-state index contributed by atoms with van der Waals surface area (Å²) in [6.45, 7) is 1.99. The molecule has 0 bridgehead atoms. The Hall–Kier alpha value is -1.35. The zero-order valence-corrected chi connectivity index (χ0v) is 9.90. The number of rotatable bonds is 2. The molecule has 1 aromatic carbocycles. The largest absolute Gasteiger partial charge is 0.388 e. The van der Waals surface area contributed by atoms with Crippen LogP contribution in [0.25, 0.3) is 10.9 Å². The molecule has 0 radical (unpaired) electrons. The first-order valence-corrected chi connectivity index (χ1v) is 5.50. The summed E-state index contributed by atoms with van der Waals surface area (Å²) in [5.74, 6) is -0.380. The maximum absolute atomic E-state index is 13.7. The molecular weight excluding hydrogens is 227 g/mol. The van der Waals surface area contributed by atoms with E-state index >= 15 is 0 Å². The van der Waals surface area contributed by atoms with Crippen molar-refractivity contribution in [2.24, 2.45) is 0 Å². The lowest BCUT2D eigenvalue weighted by molar-refractivity contribution is 0.636. The van der Waals surface area contributed by atoms with Crippen LogP contribution < -0.4 is 5.32 Å². The molecule has 84 valence electrons. The fourth-order valence-corrected chi connectivity index (χ4v) is 1.90. The second-order valence-electron chi connectivity index (χ2n) is 3.55. The molecule has 2 nitrogen and oxygen atoms in total. The van der Waals surface area contributed by atoms with E-state index in [0.29, 0.717) is 15.9 Å².